The Morgan fingerprint density at radius 2 is 2.38 bits per heavy atom. The van der Waals surface area contributed by atoms with Crippen molar-refractivity contribution in [2.75, 3.05) is 6.61 Å². The summed E-state index contributed by atoms with van der Waals surface area (Å²) in [6, 6.07) is 0. The van der Waals surface area contributed by atoms with Crippen LogP contribution < -0.4 is 0 Å². The minimum Gasteiger partial charge on any atom is -0.396 e. The fourth-order valence-corrected chi connectivity index (χ4v) is 0.818. The summed E-state index contributed by atoms with van der Waals surface area (Å²) < 4.78 is 0. The van der Waals surface area contributed by atoms with Crippen molar-refractivity contribution in [2.45, 2.75) is 19.3 Å². The number of hydrogen-bond donors (Lipinski definition) is 0. The molecular formula is C6H11NO. The third kappa shape index (κ3) is 1.22. The lowest BCUT2D eigenvalue weighted by atomic mass is 9.86. The van der Waals surface area contributed by atoms with Gasteiger partial charge in [-0.1, -0.05) is 6.42 Å². The molecule has 0 aliphatic heterocycles. The first-order valence-corrected chi connectivity index (χ1v) is 3.01. The number of rotatable bonds is 3. The molecule has 0 bridgehead atoms. The van der Waals surface area contributed by atoms with Gasteiger partial charge < -0.3 is 4.84 Å². The summed E-state index contributed by atoms with van der Waals surface area (Å²) >= 11 is 0. The summed E-state index contributed by atoms with van der Waals surface area (Å²) in [6.45, 7) is 4.00. The predicted molar refractivity (Wildman–Crippen MR) is 32.8 cm³/mol. The largest absolute Gasteiger partial charge is 0.396 e. The molecular weight excluding hydrogens is 102 g/mol. The Balaban J connectivity index is 1.93. The van der Waals surface area contributed by atoms with Gasteiger partial charge in [-0.25, -0.2) is 0 Å². The van der Waals surface area contributed by atoms with E-state index in [4.69, 9.17) is 4.84 Å². The van der Waals surface area contributed by atoms with Gasteiger partial charge in [-0.3, -0.25) is 0 Å². The standard InChI is InChI=1S/C6H11NO/c1-7-8-5-6-3-2-4-6/h6H,1-5H2. The van der Waals surface area contributed by atoms with Gasteiger partial charge in [0.05, 0.1) is 0 Å². The second kappa shape index (κ2) is 2.70. The lowest BCUT2D eigenvalue weighted by molar-refractivity contribution is 0.0775. The zero-order chi connectivity index (χ0) is 5.82. The van der Waals surface area contributed by atoms with E-state index >= 15 is 0 Å². The molecule has 2 heteroatoms. The van der Waals surface area contributed by atoms with Crippen LogP contribution >= 0.6 is 0 Å². The zero-order valence-electron chi connectivity index (χ0n) is 4.97. The van der Waals surface area contributed by atoms with E-state index in [1.165, 1.54) is 19.3 Å². The molecule has 0 radical (unpaired) electrons. The van der Waals surface area contributed by atoms with Crippen LogP contribution in [0.1, 0.15) is 19.3 Å². The Kier molecular flexibility index (Phi) is 1.89. The van der Waals surface area contributed by atoms with E-state index in [0.717, 1.165) is 12.5 Å². The molecule has 0 saturated heterocycles. The molecule has 0 unspecified atom stereocenters. The van der Waals surface area contributed by atoms with Crippen molar-refractivity contribution in [3.63, 3.8) is 0 Å². The molecule has 0 aromatic heterocycles. The molecule has 0 aromatic rings. The SMILES string of the molecule is C=NOCC1CCC1. The minimum absolute atomic E-state index is 0.778. The first-order valence-electron chi connectivity index (χ1n) is 3.01. The van der Waals surface area contributed by atoms with Crippen molar-refractivity contribution >= 4 is 6.72 Å². The highest BCUT2D eigenvalue weighted by Crippen LogP contribution is 2.26. The van der Waals surface area contributed by atoms with Crippen LogP contribution in [0, 0.1) is 5.92 Å². The molecule has 1 aliphatic rings. The molecule has 0 aromatic carbocycles. The lowest BCUT2D eigenvalue weighted by Crippen LogP contribution is -2.15. The maximum absolute atomic E-state index is 4.75. The summed E-state index contributed by atoms with van der Waals surface area (Å²) in [5.41, 5.74) is 0. The third-order valence-corrected chi connectivity index (χ3v) is 1.63. The normalized spacial score (nSPS) is 19.5. The summed E-state index contributed by atoms with van der Waals surface area (Å²) in [4.78, 5) is 4.75. The van der Waals surface area contributed by atoms with E-state index in [1.807, 2.05) is 0 Å². The van der Waals surface area contributed by atoms with Crippen LogP contribution in [-0.4, -0.2) is 13.3 Å². The molecule has 46 valence electrons. The molecule has 0 spiro atoms. The number of hydrogen-bond acceptors (Lipinski definition) is 2. The van der Waals surface area contributed by atoms with Crippen LogP contribution in [0.3, 0.4) is 0 Å². The van der Waals surface area contributed by atoms with E-state index in [9.17, 15) is 0 Å². The highest BCUT2D eigenvalue weighted by Gasteiger charge is 2.17. The summed E-state index contributed by atoms with van der Waals surface area (Å²) in [5.74, 6) is 0.778. The van der Waals surface area contributed by atoms with Crippen LogP contribution in [0.4, 0.5) is 0 Å². The van der Waals surface area contributed by atoms with E-state index in [1.54, 1.807) is 0 Å². The number of oxime groups is 1. The summed E-state index contributed by atoms with van der Waals surface area (Å²) in [6.07, 6.45) is 4.00. The van der Waals surface area contributed by atoms with Crippen LogP contribution in [-0.2, 0) is 4.84 Å². The molecule has 2 nitrogen and oxygen atoms in total. The van der Waals surface area contributed by atoms with E-state index in [0.29, 0.717) is 0 Å². The highest BCUT2D eigenvalue weighted by atomic mass is 16.6. The molecule has 8 heavy (non-hydrogen) atoms. The average Bonchev–Trinajstić information content (AvgIpc) is 1.63. The smallest absolute Gasteiger partial charge is 0.119 e. The highest BCUT2D eigenvalue weighted by molar-refractivity contribution is 5.21. The molecule has 1 rings (SSSR count). The lowest BCUT2D eigenvalue weighted by Gasteiger charge is -2.23. The Hall–Kier alpha value is -0.530. The maximum atomic E-state index is 4.75. The van der Waals surface area contributed by atoms with Gasteiger partial charge in [0.25, 0.3) is 0 Å². The summed E-state index contributed by atoms with van der Waals surface area (Å²) in [7, 11) is 0. The molecule has 1 saturated carbocycles. The quantitative estimate of drug-likeness (QED) is 0.400. The third-order valence-electron chi connectivity index (χ3n) is 1.63. The van der Waals surface area contributed by atoms with Gasteiger partial charge in [0.2, 0.25) is 0 Å². The fraction of sp³-hybridized carbons (Fsp3) is 0.833. The fourth-order valence-electron chi connectivity index (χ4n) is 0.818. The van der Waals surface area contributed by atoms with Crippen molar-refractivity contribution in [3.05, 3.63) is 0 Å². The first-order chi connectivity index (χ1) is 3.93. The first kappa shape index (κ1) is 5.60. The second-order valence-corrected chi connectivity index (χ2v) is 2.22. The molecule has 1 fully saturated rings. The average molecular weight is 113 g/mol. The maximum Gasteiger partial charge on any atom is 0.119 e. The monoisotopic (exact) mass is 113 g/mol. The second-order valence-electron chi connectivity index (χ2n) is 2.22. The van der Waals surface area contributed by atoms with E-state index < -0.39 is 0 Å². The van der Waals surface area contributed by atoms with Gasteiger partial charge in [0.15, 0.2) is 0 Å². The topological polar surface area (TPSA) is 21.6 Å². The zero-order valence-corrected chi connectivity index (χ0v) is 4.97. The van der Waals surface area contributed by atoms with Gasteiger partial charge in [-0.2, -0.15) is 0 Å². The molecule has 0 amide bonds. The molecule has 0 atom stereocenters. The van der Waals surface area contributed by atoms with Gasteiger partial charge in [-0.15, -0.1) is 5.16 Å². The number of nitrogens with zero attached hydrogens (tertiary/aromatic N) is 1. The van der Waals surface area contributed by atoms with Crippen molar-refractivity contribution < 1.29 is 4.84 Å². The van der Waals surface area contributed by atoms with Crippen LogP contribution in [0.25, 0.3) is 0 Å². The van der Waals surface area contributed by atoms with Gasteiger partial charge >= 0.3 is 0 Å². The Morgan fingerprint density at radius 1 is 1.62 bits per heavy atom. The predicted octanol–water partition coefficient (Wildman–Crippen LogP) is 1.42. The van der Waals surface area contributed by atoms with Gasteiger partial charge in [0, 0.05) is 6.72 Å². The van der Waals surface area contributed by atoms with Crippen LogP contribution in [0.5, 0.6) is 0 Å². The Labute approximate surface area is 49.5 Å². The Bertz CT molecular complexity index is 78.6. The van der Waals surface area contributed by atoms with Crippen molar-refractivity contribution in [3.8, 4) is 0 Å². The molecule has 0 N–H and O–H groups in total. The Morgan fingerprint density at radius 3 is 2.75 bits per heavy atom. The van der Waals surface area contributed by atoms with E-state index in [2.05, 4.69) is 11.9 Å². The summed E-state index contributed by atoms with van der Waals surface area (Å²) in [5, 5.41) is 3.31. The van der Waals surface area contributed by atoms with Crippen LogP contribution in [0.15, 0.2) is 5.16 Å². The van der Waals surface area contributed by atoms with E-state index in [-0.39, 0.29) is 0 Å². The van der Waals surface area contributed by atoms with Gasteiger partial charge in [-0.05, 0) is 18.8 Å². The van der Waals surface area contributed by atoms with Crippen molar-refractivity contribution in [2.24, 2.45) is 11.1 Å². The minimum atomic E-state index is 0.778. The van der Waals surface area contributed by atoms with Crippen molar-refractivity contribution in [1.29, 1.82) is 0 Å². The van der Waals surface area contributed by atoms with Gasteiger partial charge in [0.1, 0.15) is 6.61 Å². The van der Waals surface area contributed by atoms with Crippen molar-refractivity contribution in [1.82, 2.24) is 0 Å². The molecule has 1 aliphatic carbocycles. The van der Waals surface area contributed by atoms with Crippen LogP contribution in [0.2, 0.25) is 0 Å². The molecule has 0 heterocycles.